The van der Waals surface area contributed by atoms with Crippen molar-refractivity contribution in [3.8, 4) is 21.1 Å². The Balaban J connectivity index is 1.39. The van der Waals surface area contributed by atoms with Crippen LogP contribution in [0.4, 0.5) is 0 Å². The van der Waals surface area contributed by atoms with Gasteiger partial charge in [-0.1, -0.05) is 18.7 Å². The molecule has 0 atom stereocenters. The predicted molar refractivity (Wildman–Crippen MR) is 117 cm³/mol. The van der Waals surface area contributed by atoms with Gasteiger partial charge in [0.05, 0.1) is 16.3 Å². The van der Waals surface area contributed by atoms with E-state index in [0.717, 1.165) is 63.7 Å². The number of aryl methyl sites for hydroxylation is 1. The fraction of sp³-hybridized carbons (Fsp3) is 0.381. The van der Waals surface area contributed by atoms with Gasteiger partial charge in [0.15, 0.2) is 0 Å². The van der Waals surface area contributed by atoms with Crippen LogP contribution in [0.15, 0.2) is 41.7 Å². The largest absolute Gasteiger partial charge is 0.342 e. The van der Waals surface area contributed by atoms with E-state index in [1.54, 1.807) is 17.5 Å². The maximum Gasteiger partial charge on any atom is 0.232 e. The van der Waals surface area contributed by atoms with Crippen molar-refractivity contribution in [1.82, 2.24) is 25.1 Å². The molecule has 1 aliphatic heterocycles. The number of nitrogens with zero attached hydrogens (tertiary/aromatic N) is 5. The first-order chi connectivity index (χ1) is 14.1. The molecule has 0 aliphatic carbocycles. The average molecular weight is 426 g/mol. The fourth-order valence-corrected chi connectivity index (χ4v) is 4.99. The summed E-state index contributed by atoms with van der Waals surface area (Å²) in [6.45, 7) is 5.97. The van der Waals surface area contributed by atoms with E-state index < -0.39 is 0 Å². The van der Waals surface area contributed by atoms with E-state index >= 15 is 0 Å². The fourth-order valence-electron chi connectivity index (χ4n) is 3.25. The summed E-state index contributed by atoms with van der Waals surface area (Å²) in [4.78, 5) is 24.2. The van der Waals surface area contributed by atoms with Gasteiger partial charge in [0.2, 0.25) is 5.91 Å². The number of likely N-dealkylation sites (tertiary alicyclic amines) is 1. The van der Waals surface area contributed by atoms with E-state index in [1.807, 2.05) is 42.3 Å². The molecule has 29 heavy (non-hydrogen) atoms. The molecule has 1 fully saturated rings. The first-order valence-electron chi connectivity index (χ1n) is 9.72. The van der Waals surface area contributed by atoms with Crippen LogP contribution in [0.3, 0.4) is 0 Å². The second-order valence-corrected chi connectivity index (χ2v) is 9.28. The number of rotatable bonds is 5. The molecule has 6 nitrogen and oxygen atoms in total. The third-order valence-corrected chi connectivity index (χ3v) is 7.19. The lowest BCUT2D eigenvalue weighted by atomic mass is 9.99. The summed E-state index contributed by atoms with van der Waals surface area (Å²) in [6, 6.07) is 7.79. The normalized spacial score (nSPS) is 14.9. The summed E-state index contributed by atoms with van der Waals surface area (Å²) in [5, 5.41) is 10.4. The molecule has 1 saturated heterocycles. The molecule has 0 saturated carbocycles. The van der Waals surface area contributed by atoms with Gasteiger partial charge >= 0.3 is 0 Å². The number of thiazole rings is 1. The van der Waals surface area contributed by atoms with Crippen LogP contribution in [-0.4, -0.2) is 49.8 Å². The first kappa shape index (κ1) is 20.0. The van der Waals surface area contributed by atoms with Gasteiger partial charge in [-0.3, -0.25) is 9.78 Å². The molecule has 4 rings (SSSR count). The summed E-state index contributed by atoms with van der Waals surface area (Å²) >= 11 is 3.04. The van der Waals surface area contributed by atoms with Crippen molar-refractivity contribution in [2.45, 2.75) is 31.7 Å². The third kappa shape index (κ3) is 4.82. The Morgan fingerprint density at radius 3 is 2.76 bits per heavy atom. The number of hydrogen-bond acceptors (Lipinski definition) is 7. The molecular formula is C21H23N5OS2. The highest BCUT2D eigenvalue weighted by Gasteiger charge is 2.20. The van der Waals surface area contributed by atoms with E-state index in [4.69, 9.17) is 0 Å². The molecule has 8 heteroatoms. The molecule has 0 unspecified atom stereocenters. The van der Waals surface area contributed by atoms with Crippen molar-refractivity contribution in [3.63, 3.8) is 0 Å². The van der Waals surface area contributed by atoms with Gasteiger partial charge in [-0.25, -0.2) is 4.98 Å². The molecule has 1 aliphatic rings. The number of piperidine rings is 1. The zero-order valence-electron chi connectivity index (χ0n) is 16.5. The van der Waals surface area contributed by atoms with Crippen LogP contribution in [0.1, 0.15) is 25.5 Å². The molecule has 3 aromatic heterocycles. The van der Waals surface area contributed by atoms with Crippen LogP contribution < -0.4 is 0 Å². The van der Waals surface area contributed by atoms with Crippen molar-refractivity contribution in [1.29, 1.82) is 0 Å². The van der Waals surface area contributed by atoms with Gasteiger partial charge < -0.3 is 4.90 Å². The molecule has 0 aromatic carbocycles. The van der Waals surface area contributed by atoms with E-state index in [2.05, 4.69) is 27.1 Å². The highest BCUT2D eigenvalue weighted by atomic mass is 32.2. The number of aromatic nitrogens is 4. The Kier molecular flexibility index (Phi) is 6.20. The van der Waals surface area contributed by atoms with Crippen LogP contribution in [0.5, 0.6) is 0 Å². The lowest BCUT2D eigenvalue weighted by Crippen LogP contribution is -2.38. The molecule has 1 amide bonds. The minimum absolute atomic E-state index is 0.187. The predicted octanol–water partition coefficient (Wildman–Crippen LogP) is 4.32. The van der Waals surface area contributed by atoms with Gasteiger partial charge in [-0.15, -0.1) is 21.5 Å². The van der Waals surface area contributed by atoms with E-state index in [-0.39, 0.29) is 5.91 Å². The Hall–Kier alpha value is -2.32. The van der Waals surface area contributed by atoms with Gasteiger partial charge in [0, 0.05) is 31.0 Å². The summed E-state index contributed by atoms with van der Waals surface area (Å²) in [6.07, 6.45) is 5.76. The lowest BCUT2D eigenvalue weighted by molar-refractivity contribution is -0.129. The van der Waals surface area contributed by atoms with Crippen molar-refractivity contribution >= 4 is 29.0 Å². The summed E-state index contributed by atoms with van der Waals surface area (Å²) in [5.41, 5.74) is 2.73. The van der Waals surface area contributed by atoms with E-state index in [0.29, 0.717) is 5.75 Å². The zero-order chi connectivity index (χ0) is 20.2. The lowest BCUT2D eigenvalue weighted by Gasteiger charge is -2.30. The molecule has 3 aromatic rings. The standard InChI is InChI=1S/C21H23N5OS2/c1-14-7-10-26(11-8-14)19(27)13-28-18-6-5-17(24-25-18)20-15(2)23-21(29-20)16-4-3-9-22-12-16/h3-6,9,12,14H,7-8,10-11,13H2,1-2H3. The number of pyridine rings is 1. The molecule has 0 bridgehead atoms. The molecule has 150 valence electrons. The number of thioether (sulfide) groups is 1. The van der Waals surface area contributed by atoms with Crippen LogP contribution in [0.25, 0.3) is 21.1 Å². The van der Waals surface area contributed by atoms with Crippen molar-refractivity contribution in [2.24, 2.45) is 5.92 Å². The quantitative estimate of drug-likeness (QED) is 0.567. The topological polar surface area (TPSA) is 71.9 Å². The monoisotopic (exact) mass is 425 g/mol. The van der Waals surface area contributed by atoms with Crippen LogP contribution in [-0.2, 0) is 4.79 Å². The van der Waals surface area contributed by atoms with Crippen molar-refractivity contribution in [2.75, 3.05) is 18.8 Å². The molecule has 4 heterocycles. The second kappa shape index (κ2) is 9.00. The van der Waals surface area contributed by atoms with Gasteiger partial charge in [-0.2, -0.15) is 0 Å². The van der Waals surface area contributed by atoms with Gasteiger partial charge in [-0.05, 0) is 49.9 Å². The summed E-state index contributed by atoms with van der Waals surface area (Å²) < 4.78 is 0. The average Bonchev–Trinajstić information content (AvgIpc) is 3.15. The van der Waals surface area contributed by atoms with Crippen LogP contribution >= 0.6 is 23.1 Å². The minimum Gasteiger partial charge on any atom is -0.342 e. The molecule has 0 spiro atoms. The molecular weight excluding hydrogens is 402 g/mol. The molecule has 0 radical (unpaired) electrons. The highest BCUT2D eigenvalue weighted by Crippen LogP contribution is 2.34. The van der Waals surface area contributed by atoms with Gasteiger partial charge in [0.1, 0.15) is 15.7 Å². The van der Waals surface area contributed by atoms with Crippen LogP contribution in [0, 0.1) is 12.8 Å². The summed E-state index contributed by atoms with van der Waals surface area (Å²) in [5.74, 6) is 1.32. The number of hydrogen-bond donors (Lipinski definition) is 0. The second-order valence-electron chi connectivity index (χ2n) is 7.28. The zero-order valence-corrected chi connectivity index (χ0v) is 18.2. The van der Waals surface area contributed by atoms with Crippen molar-refractivity contribution in [3.05, 3.63) is 42.4 Å². The third-order valence-electron chi connectivity index (χ3n) is 5.06. The number of carbonyl (C=O) groups excluding carboxylic acids is 1. The summed E-state index contributed by atoms with van der Waals surface area (Å²) in [7, 11) is 0. The maximum atomic E-state index is 12.4. The smallest absolute Gasteiger partial charge is 0.232 e. The first-order valence-corrected chi connectivity index (χ1v) is 11.5. The SMILES string of the molecule is Cc1nc(-c2cccnc2)sc1-c1ccc(SCC(=O)N2CCC(C)CC2)nn1. The minimum atomic E-state index is 0.187. The van der Waals surface area contributed by atoms with E-state index in [9.17, 15) is 4.79 Å². The van der Waals surface area contributed by atoms with Gasteiger partial charge in [0.25, 0.3) is 0 Å². The Bertz CT molecular complexity index is 966. The number of amides is 1. The Morgan fingerprint density at radius 1 is 1.24 bits per heavy atom. The highest BCUT2D eigenvalue weighted by molar-refractivity contribution is 7.99. The number of carbonyl (C=O) groups is 1. The van der Waals surface area contributed by atoms with Crippen molar-refractivity contribution < 1.29 is 4.79 Å². The molecule has 0 N–H and O–H groups in total. The van der Waals surface area contributed by atoms with E-state index in [1.165, 1.54) is 11.8 Å². The maximum absolute atomic E-state index is 12.4. The Morgan fingerprint density at radius 2 is 2.07 bits per heavy atom. The Labute approximate surface area is 178 Å². The van der Waals surface area contributed by atoms with Crippen LogP contribution in [0.2, 0.25) is 0 Å².